The van der Waals surface area contributed by atoms with Crippen LogP contribution in [0.3, 0.4) is 0 Å². The van der Waals surface area contributed by atoms with Crippen molar-refractivity contribution < 1.29 is 18.0 Å². The number of aromatic nitrogens is 4. The largest absolute Gasteiger partial charge is 0.416 e. The van der Waals surface area contributed by atoms with Crippen LogP contribution in [0, 0.1) is 28.1 Å². The minimum Gasteiger partial charge on any atom is -0.368 e. The fourth-order valence-electron chi connectivity index (χ4n) is 5.00. The number of halogens is 3. The first-order valence-corrected chi connectivity index (χ1v) is 12.7. The molecule has 204 valence electrons. The summed E-state index contributed by atoms with van der Waals surface area (Å²) in [4.78, 5) is 19.2. The molecule has 1 aliphatic heterocycles. The molecule has 0 bridgehead atoms. The molecule has 2 aromatic heterocycles. The number of fused-ring (bicyclic) bond motifs is 1. The second-order valence-corrected chi connectivity index (χ2v) is 10.2. The van der Waals surface area contributed by atoms with Gasteiger partial charge in [-0.25, -0.2) is 4.98 Å². The number of nitrogens with zero attached hydrogens (tertiary/aromatic N) is 7. The number of nitrogens with one attached hydrogen (secondary N) is 1. The maximum Gasteiger partial charge on any atom is 0.416 e. The van der Waals surface area contributed by atoms with E-state index in [-0.39, 0.29) is 23.5 Å². The lowest BCUT2D eigenvalue weighted by Gasteiger charge is -2.20. The Morgan fingerprint density at radius 1 is 1.07 bits per heavy atom. The van der Waals surface area contributed by atoms with Crippen LogP contribution in [0.15, 0.2) is 54.9 Å². The highest BCUT2D eigenvalue weighted by atomic mass is 19.4. The summed E-state index contributed by atoms with van der Waals surface area (Å²) in [6, 6.07) is 16.4. The first-order valence-electron chi connectivity index (χ1n) is 12.7. The van der Waals surface area contributed by atoms with Crippen LogP contribution in [0.2, 0.25) is 0 Å². The van der Waals surface area contributed by atoms with Gasteiger partial charge >= 0.3 is 6.18 Å². The predicted octanol–water partition coefficient (Wildman–Crippen LogP) is 5.31. The minimum atomic E-state index is -4.62. The Labute approximate surface area is 232 Å². The molecule has 1 amide bonds. The van der Waals surface area contributed by atoms with E-state index in [1.807, 2.05) is 0 Å². The third-order valence-corrected chi connectivity index (χ3v) is 7.47. The number of aryl methyl sites for hydroxylation is 1. The van der Waals surface area contributed by atoms with Crippen molar-refractivity contribution in [3.8, 4) is 34.7 Å². The van der Waals surface area contributed by atoms with Gasteiger partial charge in [-0.2, -0.15) is 23.7 Å². The number of hydrogen-bond acceptors (Lipinski definition) is 7. The van der Waals surface area contributed by atoms with Gasteiger partial charge in [-0.15, -0.1) is 10.2 Å². The van der Waals surface area contributed by atoms with Gasteiger partial charge in [0.05, 0.1) is 35.2 Å². The molecule has 1 N–H and O–H groups in total. The van der Waals surface area contributed by atoms with Gasteiger partial charge in [-0.1, -0.05) is 6.07 Å². The number of benzene rings is 2. The number of carbonyl (C=O) groups excluding carboxylic acids is 1. The highest BCUT2D eigenvalue weighted by Crippen LogP contribution is 2.45. The van der Waals surface area contributed by atoms with Gasteiger partial charge in [0.1, 0.15) is 18.0 Å². The summed E-state index contributed by atoms with van der Waals surface area (Å²) in [5, 5.41) is 30.5. The van der Waals surface area contributed by atoms with Crippen LogP contribution in [-0.4, -0.2) is 32.2 Å². The van der Waals surface area contributed by atoms with Crippen LogP contribution < -0.4 is 10.2 Å². The van der Waals surface area contributed by atoms with Crippen molar-refractivity contribution in [2.45, 2.75) is 25.6 Å². The number of nitriles is 2. The summed E-state index contributed by atoms with van der Waals surface area (Å²) in [6.07, 6.45) is -1.60. The van der Waals surface area contributed by atoms with Gasteiger partial charge in [0.2, 0.25) is 0 Å². The molecular formula is C29H21F3N8O. The topological polar surface area (TPSA) is 124 Å². The molecule has 9 nitrogen and oxygen atoms in total. The third kappa shape index (κ3) is 4.63. The van der Waals surface area contributed by atoms with E-state index >= 15 is 0 Å². The number of alkyl halides is 3. The summed E-state index contributed by atoms with van der Waals surface area (Å²) < 4.78 is 43.0. The van der Waals surface area contributed by atoms with Gasteiger partial charge in [-0.3, -0.25) is 9.69 Å². The number of carbonyl (C=O) groups is 1. The van der Waals surface area contributed by atoms with Crippen LogP contribution in [0.4, 0.5) is 24.8 Å². The van der Waals surface area contributed by atoms with E-state index in [0.29, 0.717) is 40.4 Å². The van der Waals surface area contributed by atoms with E-state index in [4.69, 9.17) is 0 Å². The van der Waals surface area contributed by atoms with E-state index in [9.17, 15) is 28.5 Å². The molecule has 6 rings (SSSR count). The minimum absolute atomic E-state index is 0.0331. The summed E-state index contributed by atoms with van der Waals surface area (Å²) in [5.74, 6) is 0.396. The van der Waals surface area contributed by atoms with E-state index in [2.05, 4.69) is 32.6 Å². The molecule has 1 fully saturated rings. The maximum atomic E-state index is 13.8. The van der Waals surface area contributed by atoms with E-state index in [1.54, 1.807) is 41.9 Å². The lowest BCUT2D eigenvalue weighted by Crippen LogP contribution is -2.25. The fourth-order valence-corrected chi connectivity index (χ4v) is 5.00. The van der Waals surface area contributed by atoms with Crippen molar-refractivity contribution in [1.29, 1.82) is 10.5 Å². The number of anilines is 2. The monoisotopic (exact) mass is 554 g/mol. The fraction of sp³-hybridized carbons (Fsp3) is 0.241. The van der Waals surface area contributed by atoms with Gasteiger partial charge in [0.25, 0.3) is 5.91 Å². The summed E-state index contributed by atoms with van der Waals surface area (Å²) in [5.41, 5.74) is 0.648. The van der Waals surface area contributed by atoms with E-state index in [0.717, 1.165) is 18.9 Å². The number of amides is 1. The average Bonchev–Trinajstić information content (AvgIpc) is 3.51. The van der Waals surface area contributed by atoms with Crippen LogP contribution in [0.25, 0.3) is 22.5 Å². The lowest BCUT2D eigenvalue weighted by atomic mass is 9.97. The Kier molecular flexibility index (Phi) is 6.00. The number of hydrogen-bond donors (Lipinski definition) is 1. The van der Waals surface area contributed by atoms with Gasteiger partial charge in [-0.05, 0) is 72.0 Å². The molecule has 1 saturated carbocycles. The highest BCUT2D eigenvalue weighted by Gasteiger charge is 2.43. The Bertz CT molecular complexity index is 1790. The van der Waals surface area contributed by atoms with Crippen molar-refractivity contribution in [1.82, 2.24) is 19.7 Å². The second-order valence-electron chi connectivity index (χ2n) is 10.2. The van der Waals surface area contributed by atoms with Crippen LogP contribution >= 0.6 is 0 Å². The first-order chi connectivity index (χ1) is 19.6. The van der Waals surface area contributed by atoms with Crippen molar-refractivity contribution in [3.63, 3.8) is 0 Å². The average molecular weight is 555 g/mol. The molecule has 0 unspecified atom stereocenters. The van der Waals surface area contributed by atoms with E-state index in [1.165, 1.54) is 23.4 Å². The normalized spacial score (nSPS) is 15.3. The molecule has 2 aliphatic rings. The molecule has 0 radical (unpaired) electrons. The smallest absolute Gasteiger partial charge is 0.368 e. The van der Waals surface area contributed by atoms with Gasteiger partial charge < -0.3 is 9.88 Å². The Hall–Kier alpha value is -5.23. The zero-order valence-corrected chi connectivity index (χ0v) is 21.7. The van der Waals surface area contributed by atoms with Crippen molar-refractivity contribution >= 4 is 17.5 Å². The van der Waals surface area contributed by atoms with Crippen LogP contribution in [0.5, 0.6) is 0 Å². The molecule has 4 aromatic rings. The molecule has 1 aliphatic carbocycles. The third-order valence-electron chi connectivity index (χ3n) is 7.47. The number of pyridine rings is 1. The molecular weight excluding hydrogens is 533 g/mol. The van der Waals surface area contributed by atoms with Gasteiger partial charge in [0, 0.05) is 24.7 Å². The molecule has 3 heterocycles. The summed E-state index contributed by atoms with van der Waals surface area (Å²) in [6.45, 7) is 0.0103. The Balaban J connectivity index is 1.49. The van der Waals surface area contributed by atoms with Crippen molar-refractivity contribution in [3.05, 3.63) is 77.1 Å². The highest BCUT2D eigenvalue weighted by molar-refractivity contribution is 6.10. The second kappa shape index (κ2) is 9.45. The Morgan fingerprint density at radius 2 is 1.88 bits per heavy atom. The SMILES string of the molecule is Cn1cnnc1-c1ccc(C#N)cc1-c1cc(NCC2(C#N)CC2)nc(N2Cc3c(cccc3C(F)(F)F)C2=O)c1. The molecule has 41 heavy (non-hydrogen) atoms. The Morgan fingerprint density at radius 3 is 2.54 bits per heavy atom. The molecule has 0 saturated heterocycles. The first kappa shape index (κ1) is 26.0. The summed E-state index contributed by atoms with van der Waals surface area (Å²) in [7, 11) is 1.78. The molecule has 0 atom stereocenters. The van der Waals surface area contributed by atoms with Crippen LogP contribution in [-0.2, 0) is 19.8 Å². The molecule has 2 aromatic carbocycles. The quantitative estimate of drug-likeness (QED) is 0.343. The zero-order chi connectivity index (χ0) is 28.9. The summed E-state index contributed by atoms with van der Waals surface area (Å²) >= 11 is 0. The zero-order valence-electron chi connectivity index (χ0n) is 21.7. The van der Waals surface area contributed by atoms with Crippen molar-refractivity contribution in [2.24, 2.45) is 12.5 Å². The van der Waals surface area contributed by atoms with Crippen LogP contribution in [0.1, 0.15) is 39.9 Å². The lowest BCUT2D eigenvalue weighted by molar-refractivity contribution is -0.138. The van der Waals surface area contributed by atoms with Crippen molar-refractivity contribution in [2.75, 3.05) is 16.8 Å². The van der Waals surface area contributed by atoms with E-state index < -0.39 is 23.1 Å². The standard InChI is InChI=1S/C29H21F3N8O/c1-39-16-36-38-26(39)19-6-5-17(12-33)9-21(19)18-10-24(35-15-28(14-34)7-8-28)37-25(11-18)40-13-22-20(27(40)41)3-2-4-23(22)29(30,31)32/h2-6,9-11,16H,7-8,13,15H2,1H3,(H,35,37). The molecule has 12 heteroatoms. The molecule has 0 spiro atoms. The maximum absolute atomic E-state index is 13.8. The van der Waals surface area contributed by atoms with Gasteiger partial charge in [0.15, 0.2) is 5.82 Å². The number of rotatable bonds is 6. The predicted molar refractivity (Wildman–Crippen MR) is 142 cm³/mol.